The van der Waals surface area contributed by atoms with E-state index >= 15 is 0 Å². The van der Waals surface area contributed by atoms with Gasteiger partial charge in [-0.25, -0.2) is 13.2 Å². The van der Waals surface area contributed by atoms with Crippen LogP contribution in [0.2, 0.25) is 0 Å². The van der Waals surface area contributed by atoms with Crippen LogP contribution >= 0.6 is 11.3 Å². The van der Waals surface area contributed by atoms with Crippen molar-refractivity contribution >= 4 is 49.8 Å². The number of hydrogen-bond acceptors (Lipinski definition) is 4. The van der Waals surface area contributed by atoms with Crippen molar-refractivity contribution < 1.29 is 18.3 Å². The first-order valence-corrected chi connectivity index (χ1v) is 11.3. The van der Waals surface area contributed by atoms with Crippen LogP contribution in [0.25, 0.3) is 22.4 Å². The molecule has 0 saturated carbocycles. The summed E-state index contributed by atoms with van der Waals surface area (Å²) in [6.45, 7) is 1.04. The number of rotatable bonds is 5. The molecule has 0 aliphatic carbocycles. The molecule has 1 fully saturated rings. The Hall–Kier alpha value is -2.48. The summed E-state index contributed by atoms with van der Waals surface area (Å²) >= 11 is 1.01. The van der Waals surface area contributed by atoms with E-state index in [4.69, 9.17) is 0 Å². The molecule has 7 heteroatoms. The van der Waals surface area contributed by atoms with E-state index in [1.165, 1.54) is 10.4 Å². The summed E-state index contributed by atoms with van der Waals surface area (Å²) in [5.41, 5.74) is 0.872. The van der Waals surface area contributed by atoms with E-state index in [0.717, 1.165) is 40.5 Å². The monoisotopic (exact) mass is 413 g/mol. The highest BCUT2D eigenvalue weighted by atomic mass is 32.2. The summed E-state index contributed by atoms with van der Waals surface area (Å²) in [5, 5.41) is 11.7. The van der Waals surface area contributed by atoms with Gasteiger partial charge in [0, 0.05) is 18.0 Å². The van der Waals surface area contributed by atoms with Crippen LogP contribution in [0.4, 0.5) is 0 Å². The fourth-order valence-corrected chi connectivity index (χ4v) is 6.41. The third-order valence-electron chi connectivity index (χ3n) is 4.86. The molecule has 0 atom stereocenters. The molecular weight excluding hydrogens is 394 g/mol. The number of aliphatic carboxylic acids is 1. The van der Waals surface area contributed by atoms with Crippen LogP contribution in [0.15, 0.2) is 58.8 Å². The van der Waals surface area contributed by atoms with Crippen LogP contribution < -0.4 is 0 Å². The van der Waals surface area contributed by atoms with Crippen molar-refractivity contribution in [2.75, 3.05) is 13.1 Å². The molecule has 0 spiro atoms. The van der Waals surface area contributed by atoms with Crippen LogP contribution in [-0.4, -0.2) is 36.9 Å². The Balaban J connectivity index is 1.76. The van der Waals surface area contributed by atoms with Gasteiger partial charge in [0.1, 0.15) is 4.21 Å². The van der Waals surface area contributed by atoms with Gasteiger partial charge in [-0.2, -0.15) is 4.31 Å². The van der Waals surface area contributed by atoms with Gasteiger partial charge in [-0.15, -0.1) is 11.3 Å². The molecule has 1 N–H and O–H groups in total. The standard InChI is InChI=1S/C21H19NO4S2/c23-21(24)18(14-16-8-5-7-15-6-1-2-9-17(15)16)19-10-11-20(27-19)28(25,26)22-12-3-4-13-22/h1-2,5-11,14H,3-4,12-13H2,(H,23,24)/b18-14-. The Morgan fingerprint density at radius 1 is 1.00 bits per heavy atom. The second-order valence-electron chi connectivity index (χ2n) is 6.66. The van der Waals surface area contributed by atoms with Gasteiger partial charge in [-0.1, -0.05) is 42.5 Å². The molecule has 0 unspecified atom stereocenters. The van der Waals surface area contributed by atoms with Crippen molar-refractivity contribution in [2.45, 2.75) is 17.1 Å². The molecule has 0 radical (unpaired) electrons. The fraction of sp³-hybridized carbons (Fsp3) is 0.190. The van der Waals surface area contributed by atoms with Crippen LogP contribution in [-0.2, 0) is 14.8 Å². The van der Waals surface area contributed by atoms with Crippen LogP contribution in [0.5, 0.6) is 0 Å². The summed E-state index contributed by atoms with van der Waals surface area (Å²) in [5.74, 6) is -1.08. The SMILES string of the molecule is O=C(O)/C(=C\c1cccc2ccccc12)c1ccc(S(=O)(=O)N2CCCC2)s1. The predicted octanol–water partition coefficient (Wildman–Crippen LogP) is 4.31. The fourth-order valence-electron chi connectivity index (χ4n) is 3.43. The lowest BCUT2D eigenvalue weighted by Crippen LogP contribution is -2.27. The average Bonchev–Trinajstić information content (AvgIpc) is 3.38. The summed E-state index contributed by atoms with van der Waals surface area (Å²) in [4.78, 5) is 12.4. The first kappa shape index (κ1) is 18.9. The molecule has 0 bridgehead atoms. The molecule has 1 aliphatic heterocycles. The van der Waals surface area contributed by atoms with Crippen molar-refractivity contribution in [1.82, 2.24) is 4.31 Å². The van der Waals surface area contributed by atoms with Crippen molar-refractivity contribution in [3.8, 4) is 0 Å². The number of hydrogen-bond donors (Lipinski definition) is 1. The first-order valence-electron chi connectivity index (χ1n) is 9.00. The molecule has 3 aromatic rings. The maximum absolute atomic E-state index is 12.7. The lowest BCUT2D eigenvalue weighted by Gasteiger charge is -2.13. The van der Waals surface area contributed by atoms with Gasteiger partial charge in [-0.05, 0) is 47.4 Å². The third kappa shape index (κ3) is 3.48. The molecule has 4 rings (SSSR count). The van der Waals surface area contributed by atoms with Gasteiger partial charge in [0.25, 0.3) is 10.0 Å². The highest BCUT2D eigenvalue weighted by molar-refractivity contribution is 7.91. The summed E-state index contributed by atoms with van der Waals surface area (Å²) in [7, 11) is -3.55. The highest BCUT2D eigenvalue weighted by Crippen LogP contribution is 2.33. The molecule has 1 saturated heterocycles. The molecule has 0 amide bonds. The summed E-state index contributed by atoms with van der Waals surface area (Å²) in [6.07, 6.45) is 3.33. The average molecular weight is 414 g/mol. The van der Waals surface area contributed by atoms with E-state index in [2.05, 4.69) is 0 Å². The first-order chi connectivity index (χ1) is 13.5. The maximum atomic E-state index is 12.7. The number of fused-ring (bicyclic) bond motifs is 1. The number of benzene rings is 2. The van der Waals surface area contributed by atoms with Crippen LogP contribution in [0.1, 0.15) is 23.3 Å². The van der Waals surface area contributed by atoms with E-state index in [1.807, 2.05) is 42.5 Å². The zero-order chi connectivity index (χ0) is 19.7. The zero-order valence-electron chi connectivity index (χ0n) is 15.0. The minimum Gasteiger partial charge on any atom is -0.478 e. The van der Waals surface area contributed by atoms with Crippen molar-refractivity contribution in [3.05, 3.63) is 65.0 Å². The van der Waals surface area contributed by atoms with Gasteiger partial charge >= 0.3 is 5.97 Å². The Morgan fingerprint density at radius 2 is 1.71 bits per heavy atom. The van der Waals surface area contributed by atoms with E-state index in [-0.39, 0.29) is 9.78 Å². The molecule has 2 aromatic carbocycles. The predicted molar refractivity (Wildman–Crippen MR) is 112 cm³/mol. The Kier molecular flexibility index (Phi) is 5.05. The van der Waals surface area contributed by atoms with Gasteiger partial charge in [0.05, 0.1) is 5.57 Å². The number of carboxylic acid groups (broad SMARTS) is 1. The van der Waals surface area contributed by atoms with Crippen molar-refractivity contribution in [2.24, 2.45) is 0 Å². The molecule has 1 aromatic heterocycles. The van der Waals surface area contributed by atoms with Gasteiger partial charge in [0.15, 0.2) is 0 Å². The highest BCUT2D eigenvalue weighted by Gasteiger charge is 2.29. The van der Waals surface area contributed by atoms with Gasteiger partial charge in [0.2, 0.25) is 0 Å². The minimum absolute atomic E-state index is 0.0872. The number of carboxylic acids is 1. The van der Waals surface area contributed by atoms with E-state index in [0.29, 0.717) is 18.0 Å². The zero-order valence-corrected chi connectivity index (χ0v) is 16.7. The maximum Gasteiger partial charge on any atom is 0.337 e. The number of sulfonamides is 1. The second-order valence-corrected chi connectivity index (χ2v) is 9.91. The van der Waals surface area contributed by atoms with Crippen LogP contribution in [0.3, 0.4) is 0 Å². The molecule has 28 heavy (non-hydrogen) atoms. The lowest BCUT2D eigenvalue weighted by molar-refractivity contribution is -0.130. The van der Waals surface area contributed by atoms with Gasteiger partial charge < -0.3 is 5.11 Å². The van der Waals surface area contributed by atoms with Crippen molar-refractivity contribution in [1.29, 1.82) is 0 Å². The number of thiophene rings is 1. The van der Waals surface area contributed by atoms with Gasteiger partial charge in [-0.3, -0.25) is 0 Å². The van der Waals surface area contributed by atoms with E-state index in [9.17, 15) is 18.3 Å². The van der Waals surface area contributed by atoms with E-state index < -0.39 is 16.0 Å². The number of carbonyl (C=O) groups is 1. The quantitative estimate of drug-likeness (QED) is 0.633. The topological polar surface area (TPSA) is 74.7 Å². The summed E-state index contributed by atoms with van der Waals surface area (Å²) < 4.78 is 27.1. The Labute approximate surface area is 167 Å². The molecule has 1 aliphatic rings. The van der Waals surface area contributed by atoms with Crippen molar-refractivity contribution in [3.63, 3.8) is 0 Å². The minimum atomic E-state index is -3.55. The molecule has 144 valence electrons. The third-order valence-corrected chi connectivity index (χ3v) is 8.34. The lowest BCUT2D eigenvalue weighted by atomic mass is 10.0. The molecule has 5 nitrogen and oxygen atoms in total. The molecular formula is C21H19NO4S2. The Bertz CT molecular complexity index is 1170. The van der Waals surface area contributed by atoms with E-state index in [1.54, 1.807) is 12.1 Å². The smallest absolute Gasteiger partial charge is 0.337 e. The largest absolute Gasteiger partial charge is 0.478 e. The normalized spacial score (nSPS) is 15.9. The second kappa shape index (κ2) is 7.50. The van der Waals surface area contributed by atoms with Crippen LogP contribution in [0, 0.1) is 0 Å². The molecule has 2 heterocycles. The Morgan fingerprint density at radius 3 is 2.46 bits per heavy atom. The number of nitrogens with zero attached hydrogens (tertiary/aromatic N) is 1. The summed E-state index contributed by atoms with van der Waals surface area (Å²) in [6, 6.07) is 16.6.